The number of amides is 1. The van der Waals surface area contributed by atoms with Crippen molar-refractivity contribution in [3.05, 3.63) is 29.8 Å². The molecule has 4 nitrogen and oxygen atoms in total. The van der Waals surface area contributed by atoms with Crippen molar-refractivity contribution >= 4 is 11.6 Å². The Kier molecular flexibility index (Phi) is 5.01. The van der Waals surface area contributed by atoms with E-state index in [0.717, 1.165) is 36.9 Å². The highest BCUT2D eigenvalue weighted by Gasteiger charge is 2.18. The Morgan fingerprint density at radius 2 is 1.80 bits per heavy atom. The van der Waals surface area contributed by atoms with Crippen LogP contribution in [0.4, 0.5) is 5.69 Å². The van der Waals surface area contributed by atoms with Gasteiger partial charge < -0.3 is 15.3 Å². The summed E-state index contributed by atoms with van der Waals surface area (Å²) in [6.07, 6.45) is 4.13. The molecule has 1 amide bonds. The first kappa shape index (κ1) is 14.9. The van der Waals surface area contributed by atoms with Gasteiger partial charge in [0.25, 0.3) is 0 Å². The number of aliphatic hydroxyl groups excluding tert-OH is 1. The largest absolute Gasteiger partial charge is 0.393 e. The van der Waals surface area contributed by atoms with Crippen molar-refractivity contribution < 1.29 is 9.90 Å². The monoisotopic (exact) mass is 276 g/mol. The summed E-state index contributed by atoms with van der Waals surface area (Å²) in [4.78, 5) is 13.2. The maximum absolute atomic E-state index is 11.6. The lowest BCUT2D eigenvalue weighted by molar-refractivity contribution is -0.127. The molecule has 0 atom stereocenters. The fraction of sp³-hybridized carbons (Fsp3) is 0.562. The van der Waals surface area contributed by atoms with Crippen molar-refractivity contribution in [3.8, 4) is 0 Å². The van der Waals surface area contributed by atoms with Crippen LogP contribution in [0.2, 0.25) is 0 Å². The van der Waals surface area contributed by atoms with E-state index in [1.54, 1.807) is 19.0 Å². The highest BCUT2D eigenvalue weighted by Crippen LogP contribution is 2.22. The van der Waals surface area contributed by atoms with Crippen LogP contribution in [0.25, 0.3) is 0 Å². The molecule has 0 radical (unpaired) electrons. The van der Waals surface area contributed by atoms with E-state index in [0.29, 0.717) is 12.5 Å². The Hall–Kier alpha value is -1.55. The second kappa shape index (κ2) is 6.75. The summed E-state index contributed by atoms with van der Waals surface area (Å²) in [5, 5.41) is 13.0. The number of anilines is 1. The number of rotatable bonds is 4. The van der Waals surface area contributed by atoms with Gasteiger partial charge in [-0.15, -0.1) is 0 Å². The van der Waals surface area contributed by atoms with E-state index in [9.17, 15) is 9.90 Å². The third-order valence-corrected chi connectivity index (χ3v) is 3.88. The van der Waals surface area contributed by atoms with Gasteiger partial charge in [0.15, 0.2) is 0 Å². The molecule has 1 aromatic carbocycles. The molecular formula is C16H24N2O2. The van der Waals surface area contributed by atoms with E-state index in [4.69, 9.17) is 0 Å². The summed E-state index contributed by atoms with van der Waals surface area (Å²) in [6.45, 7) is 0. The Morgan fingerprint density at radius 3 is 2.35 bits per heavy atom. The van der Waals surface area contributed by atoms with Gasteiger partial charge in [-0.3, -0.25) is 4.79 Å². The van der Waals surface area contributed by atoms with Gasteiger partial charge >= 0.3 is 0 Å². The van der Waals surface area contributed by atoms with Gasteiger partial charge in [-0.2, -0.15) is 0 Å². The van der Waals surface area contributed by atoms with Crippen LogP contribution in [0.5, 0.6) is 0 Å². The number of aliphatic hydroxyl groups is 1. The fourth-order valence-electron chi connectivity index (χ4n) is 2.51. The highest BCUT2D eigenvalue weighted by atomic mass is 16.3. The first-order valence-electron chi connectivity index (χ1n) is 7.28. The SMILES string of the molecule is CN(C)C(=O)Cc1ccc(NC2CCC(O)CC2)cc1. The van der Waals surface area contributed by atoms with Gasteiger partial charge in [-0.25, -0.2) is 0 Å². The van der Waals surface area contributed by atoms with E-state index >= 15 is 0 Å². The van der Waals surface area contributed by atoms with Crippen LogP contribution < -0.4 is 5.32 Å². The van der Waals surface area contributed by atoms with Crippen LogP contribution in [-0.4, -0.2) is 42.2 Å². The van der Waals surface area contributed by atoms with E-state index in [2.05, 4.69) is 5.32 Å². The molecule has 1 aliphatic carbocycles. The molecule has 110 valence electrons. The number of hydrogen-bond donors (Lipinski definition) is 2. The first-order chi connectivity index (χ1) is 9.54. The molecule has 0 aliphatic heterocycles. The van der Waals surface area contributed by atoms with E-state index in [-0.39, 0.29) is 12.0 Å². The van der Waals surface area contributed by atoms with Crippen molar-refractivity contribution in [1.82, 2.24) is 4.90 Å². The normalized spacial score (nSPS) is 22.4. The quantitative estimate of drug-likeness (QED) is 0.885. The zero-order valence-electron chi connectivity index (χ0n) is 12.3. The fourth-order valence-corrected chi connectivity index (χ4v) is 2.51. The number of carbonyl (C=O) groups is 1. The van der Waals surface area contributed by atoms with E-state index < -0.39 is 0 Å². The van der Waals surface area contributed by atoms with Gasteiger partial charge in [0.1, 0.15) is 0 Å². The minimum atomic E-state index is -0.118. The Bertz CT molecular complexity index is 434. The van der Waals surface area contributed by atoms with Crippen molar-refractivity contribution in [2.24, 2.45) is 0 Å². The molecule has 2 N–H and O–H groups in total. The van der Waals surface area contributed by atoms with Gasteiger partial charge in [-0.1, -0.05) is 12.1 Å². The molecule has 0 heterocycles. The van der Waals surface area contributed by atoms with Crippen LogP contribution in [0.15, 0.2) is 24.3 Å². The second-order valence-electron chi connectivity index (χ2n) is 5.81. The van der Waals surface area contributed by atoms with Crippen LogP contribution >= 0.6 is 0 Å². The smallest absolute Gasteiger partial charge is 0.226 e. The highest BCUT2D eigenvalue weighted by molar-refractivity contribution is 5.78. The molecule has 1 saturated carbocycles. The molecule has 1 aromatic rings. The Labute approximate surface area is 120 Å². The zero-order valence-corrected chi connectivity index (χ0v) is 12.3. The van der Waals surface area contributed by atoms with Gasteiger partial charge in [0.05, 0.1) is 12.5 Å². The molecule has 4 heteroatoms. The predicted molar refractivity (Wildman–Crippen MR) is 80.7 cm³/mol. The summed E-state index contributed by atoms with van der Waals surface area (Å²) in [6, 6.07) is 8.52. The van der Waals surface area contributed by atoms with Crippen molar-refractivity contribution in [2.75, 3.05) is 19.4 Å². The van der Waals surface area contributed by atoms with Crippen molar-refractivity contribution in [1.29, 1.82) is 0 Å². The molecule has 0 spiro atoms. The van der Waals surface area contributed by atoms with E-state index in [1.165, 1.54) is 0 Å². The third-order valence-electron chi connectivity index (χ3n) is 3.88. The maximum Gasteiger partial charge on any atom is 0.226 e. The minimum Gasteiger partial charge on any atom is -0.393 e. The van der Waals surface area contributed by atoms with Crippen molar-refractivity contribution in [3.63, 3.8) is 0 Å². The molecule has 0 saturated heterocycles. The molecule has 1 fully saturated rings. The molecule has 20 heavy (non-hydrogen) atoms. The molecule has 2 rings (SSSR count). The lowest BCUT2D eigenvalue weighted by atomic mass is 9.93. The Morgan fingerprint density at radius 1 is 1.20 bits per heavy atom. The Balaban J connectivity index is 1.87. The average molecular weight is 276 g/mol. The van der Waals surface area contributed by atoms with Gasteiger partial charge in [-0.05, 0) is 43.4 Å². The summed E-state index contributed by atoms with van der Waals surface area (Å²) in [5.41, 5.74) is 2.13. The average Bonchev–Trinajstić information content (AvgIpc) is 2.43. The zero-order chi connectivity index (χ0) is 14.5. The summed E-state index contributed by atoms with van der Waals surface area (Å²) in [7, 11) is 3.55. The van der Waals surface area contributed by atoms with Gasteiger partial charge in [0.2, 0.25) is 5.91 Å². The summed E-state index contributed by atoms with van der Waals surface area (Å²) in [5.74, 6) is 0.118. The number of nitrogens with one attached hydrogen (secondary N) is 1. The molecule has 1 aliphatic rings. The third kappa shape index (κ3) is 4.23. The number of likely N-dealkylation sites (N-methyl/N-ethyl adjacent to an activating group) is 1. The van der Waals surface area contributed by atoms with Crippen LogP contribution in [0.3, 0.4) is 0 Å². The lowest BCUT2D eigenvalue weighted by Gasteiger charge is -2.27. The van der Waals surface area contributed by atoms with Gasteiger partial charge in [0, 0.05) is 25.8 Å². The standard InChI is InChI=1S/C16H24N2O2/c1-18(2)16(20)11-12-3-5-13(6-4-12)17-14-7-9-15(19)10-8-14/h3-6,14-15,17,19H,7-11H2,1-2H3. The lowest BCUT2D eigenvalue weighted by Crippen LogP contribution is -2.28. The predicted octanol–water partition coefficient (Wildman–Crippen LogP) is 2.03. The van der Waals surface area contributed by atoms with Crippen LogP contribution in [0, 0.1) is 0 Å². The summed E-state index contributed by atoms with van der Waals surface area (Å²) >= 11 is 0. The van der Waals surface area contributed by atoms with Crippen molar-refractivity contribution in [2.45, 2.75) is 44.2 Å². The number of carbonyl (C=O) groups excluding carboxylic acids is 1. The first-order valence-corrected chi connectivity index (χ1v) is 7.28. The second-order valence-corrected chi connectivity index (χ2v) is 5.81. The molecule has 0 aromatic heterocycles. The topological polar surface area (TPSA) is 52.6 Å². The van der Waals surface area contributed by atoms with Crippen LogP contribution in [-0.2, 0) is 11.2 Å². The number of hydrogen-bond acceptors (Lipinski definition) is 3. The van der Waals surface area contributed by atoms with E-state index in [1.807, 2.05) is 24.3 Å². The molecule has 0 unspecified atom stereocenters. The van der Waals surface area contributed by atoms with Crippen LogP contribution in [0.1, 0.15) is 31.2 Å². The number of nitrogens with zero attached hydrogens (tertiary/aromatic N) is 1. The maximum atomic E-state index is 11.6. The molecule has 0 bridgehead atoms. The molecular weight excluding hydrogens is 252 g/mol. The number of benzene rings is 1. The summed E-state index contributed by atoms with van der Waals surface area (Å²) < 4.78 is 0. The minimum absolute atomic E-state index is 0.118.